The van der Waals surface area contributed by atoms with Gasteiger partial charge >= 0.3 is 0 Å². The van der Waals surface area contributed by atoms with Gasteiger partial charge in [-0.05, 0) is 18.4 Å². The van der Waals surface area contributed by atoms with Gasteiger partial charge in [-0.1, -0.05) is 54.6 Å². The summed E-state index contributed by atoms with van der Waals surface area (Å²) in [7, 11) is 0. The maximum absolute atomic E-state index is 12.5. The predicted octanol–water partition coefficient (Wildman–Crippen LogP) is 4.12. The largest absolute Gasteiger partial charge is 0.488 e. The first kappa shape index (κ1) is 17.4. The van der Waals surface area contributed by atoms with Crippen molar-refractivity contribution in [2.75, 3.05) is 17.7 Å². The Kier molecular flexibility index (Phi) is 4.94. The van der Waals surface area contributed by atoms with E-state index in [1.807, 2.05) is 54.6 Å². The van der Waals surface area contributed by atoms with Crippen molar-refractivity contribution in [3.05, 3.63) is 66.2 Å². The van der Waals surface area contributed by atoms with Gasteiger partial charge in [0.25, 0.3) is 5.91 Å². The lowest BCUT2D eigenvalue weighted by Crippen LogP contribution is -2.27. The Bertz CT molecular complexity index is 950. The normalized spacial score (nSPS) is 16.4. The maximum Gasteiger partial charge on any atom is 0.253 e. The molecule has 3 aromatic carbocycles. The number of anilines is 2. The van der Waals surface area contributed by atoms with E-state index in [0.29, 0.717) is 30.3 Å². The third-order valence-electron chi connectivity index (χ3n) is 4.74. The van der Waals surface area contributed by atoms with Gasteiger partial charge in [-0.3, -0.25) is 4.79 Å². The summed E-state index contributed by atoms with van der Waals surface area (Å²) in [5.74, 6) is 0.546. The molecule has 27 heavy (non-hydrogen) atoms. The summed E-state index contributed by atoms with van der Waals surface area (Å²) in [6.07, 6.45) is 1.24. The van der Waals surface area contributed by atoms with Crippen molar-refractivity contribution in [1.29, 1.82) is 0 Å². The van der Waals surface area contributed by atoms with E-state index in [4.69, 9.17) is 15.2 Å². The lowest BCUT2D eigenvalue weighted by molar-refractivity contribution is -0.124. The summed E-state index contributed by atoms with van der Waals surface area (Å²) in [6.45, 7) is 1.08. The lowest BCUT2D eigenvalue weighted by atomic mass is 10.1. The van der Waals surface area contributed by atoms with Crippen LogP contribution in [-0.2, 0) is 16.1 Å². The summed E-state index contributed by atoms with van der Waals surface area (Å²) < 4.78 is 11.5. The Balaban J connectivity index is 1.63. The van der Waals surface area contributed by atoms with Crippen LogP contribution < -0.4 is 15.8 Å². The first-order valence-electron chi connectivity index (χ1n) is 9.13. The van der Waals surface area contributed by atoms with Gasteiger partial charge in [-0.2, -0.15) is 0 Å². The van der Waals surface area contributed by atoms with Gasteiger partial charge in [0.05, 0.1) is 11.4 Å². The highest BCUT2D eigenvalue weighted by atomic mass is 16.5. The number of ether oxygens (including phenoxy) is 2. The summed E-state index contributed by atoms with van der Waals surface area (Å²) in [5, 5.41) is 4.71. The molecule has 1 aliphatic heterocycles. The van der Waals surface area contributed by atoms with Gasteiger partial charge in [0, 0.05) is 23.4 Å². The number of nitrogens with two attached hydrogens (primary N) is 1. The summed E-state index contributed by atoms with van der Waals surface area (Å²) in [6, 6.07) is 19.5. The fraction of sp³-hybridized carbons (Fsp3) is 0.227. The van der Waals surface area contributed by atoms with E-state index in [1.165, 1.54) is 0 Å². The molecule has 1 heterocycles. The van der Waals surface area contributed by atoms with Crippen molar-refractivity contribution in [3.63, 3.8) is 0 Å². The first-order chi connectivity index (χ1) is 13.2. The van der Waals surface area contributed by atoms with Gasteiger partial charge in [0.1, 0.15) is 18.5 Å². The quantitative estimate of drug-likeness (QED) is 0.670. The van der Waals surface area contributed by atoms with E-state index >= 15 is 0 Å². The minimum atomic E-state index is -0.405. The van der Waals surface area contributed by atoms with Crippen LogP contribution in [-0.4, -0.2) is 18.6 Å². The van der Waals surface area contributed by atoms with Crippen molar-refractivity contribution in [2.24, 2.45) is 0 Å². The molecule has 3 N–H and O–H groups in total. The minimum Gasteiger partial charge on any atom is -0.488 e. The number of nitrogens with one attached hydrogen (secondary N) is 1. The fourth-order valence-electron chi connectivity index (χ4n) is 3.35. The van der Waals surface area contributed by atoms with E-state index in [0.717, 1.165) is 29.2 Å². The van der Waals surface area contributed by atoms with Gasteiger partial charge in [0.2, 0.25) is 0 Å². The van der Waals surface area contributed by atoms with Crippen molar-refractivity contribution >= 4 is 28.1 Å². The monoisotopic (exact) mass is 362 g/mol. The Labute approximate surface area is 158 Å². The number of fused-ring (bicyclic) bond motifs is 1. The van der Waals surface area contributed by atoms with Crippen LogP contribution in [0.5, 0.6) is 5.75 Å². The Morgan fingerprint density at radius 1 is 1.11 bits per heavy atom. The number of carbonyl (C=O) groups is 1. The predicted molar refractivity (Wildman–Crippen MR) is 107 cm³/mol. The molecule has 0 aromatic heterocycles. The molecule has 1 saturated heterocycles. The van der Waals surface area contributed by atoms with Gasteiger partial charge < -0.3 is 20.5 Å². The number of hydrogen-bond acceptors (Lipinski definition) is 4. The second kappa shape index (κ2) is 7.68. The highest BCUT2D eigenvalue weighted by Crippen LogP contribution is 2.37. The van der Waals surface area contributed by atoms with Crippen molar-refractivity contribution in [3.8, 4) is 5.75 Å². The van der Waals surface area contributed by atoms with Crippen LogP contribution in [0.4, 0.5) is 11.4 Å². The molecular formula is C22H22N2O3. The first-order valence-corrected chi connectivity index (χ1v) is 9.13. The van der Waals surface area contributed by atoms with E-state index in [-0.39, 0.29) is 5.91 Å². The second-order valence-electron chi connectivity index (χ2n) is 6.65. The molecule has 138 valence electrons. The number of benzene rings is 3. The van der Waals surface area contributed by atoms with Crippen LogP contribution in [0.25, 0.3) is 10.8 Å². The molecule has 0 spiro atoms. The van der Waals surface area contributed by atoms with Gasteiger partial charge in [-0.25, -0.2) is 0 Å². The smallest absolute Gasteiger partial charge is 0.253 e. The maximum atomic E-state index is 12.5. The number of amides is 1. The van der Waals surface area contributed by atoms with E-state index in [9.17, 15) is 4.79 Å². The average Bonchev–Trinajstić information content (AvgIpc) is 3.24. The molecule has 0 saturated carbocycles. The summed E-state index contributed by atoms with van der Waals surface area (Å²) in [4.78, 5) is 12.5. The topological polar surface area (TPSA) is 73.6 Å². The summed E-state index contributed by atoms with van der Waals surface area (Å²) >= 11 is 0. The third kappa shape index (κ3) is 3.73. The zero-order valence-electron chi connectivity index (χ0n) is 15.0. The van der Waals surface area contributed by atoms with Crippen LogP contribution >= 0.6 is 0 Å². The molecule has 0 radical (unpaired) electrons. The fourth-order valence-corrected chi connectivity index (χ4v) is 3.35. The molecule has 5 nitrogen and oxygen atoms in total. The molecule has 1 fully saturated rings. The molecule has 1 atom stereocenters. The molecule has 5 heteroatoms. The van der Waals surface area contributed by atoms with E-state index in [2.05, 4.69) is 5.32 Å². The van der Waals surface area contributed by atoms with Crippen LogP contribution in [0.2, 0.25) is 0 Å². The molecule has 3 aromatic rings. The summed E-state index contributed by atoms with van der Waals surface area (Å²) in [5.41, 5.74) is 8.43. The molecule has 1 unspecified atom stereocenters. The SMILES string of the molecule is Nc1cc(OCc2ccccc2)c2ccccc2c1NC(=O)C1CCCO1. The molecule has 1 aliphatic rings. The van der Waals surface area contributed by atoms with Gasteiger partial charge in [0.15, 0.2) is 0 Å². The second-order valence-corrected chi connectivity index (χ2v) is 6.65. The van der Waals surface area contributed by atoms with Crippen molar-refractivity contribution in [1.82, 2.24) is 0 Å². The minimum absolute atomic E-state index is 0.151. The standard InChI is InChI=1S/C22H22N2O3/c23-18-13-20(27-14-15-7-2-1-3-8-15)16-9-4-5-10-17(16)21(18)24-22(25)19-11-6-12-26-19/h1-5,7-10,13,19H,6,11-12,14,23H2,(H,24,25). The third-order valence-corrected chi connectivity index (χ3v) is 4.74. The van der Waals surface area contributed by atoms with Crippen molar-refractivity contribution in [2.45, 2.75) is 25.6 Å². The highest BCUT2D eigenvalue weighted by Gasteiger charge is 2.25. The Hall–Kier alpha value is -3.05. The van der Waals surface area contributed by atoms with Crippen LogP contribution in [0.3, 0.4) is 0 Å². The molecular weight excluding hydrogens is 340 g/mol. The van der Waals surface area contributed by atoms with Crippen LogP contribution in [0, 0.1) is 0 Å². The Morgan fingerprint density at radius 2 is 1.85 bits per heavy atom. The number of nitrogen functional groups attached to an aromatic ring is 1. The van der Waals surface area contributed by atoms with Gasteiger partial charge in [-0.15, -0.1) is 0 Å². The number of hydrogen-bond donors (Lipinski definition) is 2. The number of carbonyl (C=O) groups excluding carboxylic acids is 1. The highest BCUT2D eigenvalue weighted by molar-refractivity contribution is 6.09. The molecule has 1 amide bonds. The molecule has 0 bridgehead atoms. The lowest BCUT2D eigenvalue weighted by Gasteiger charge is -2.17. The zero-order valence-corrected chi connectivity index (χ0v) is 15.0. The average molecular weight is 362 g/mol. The van der Waals surface area contributed by atoms with Crippen LogP contribution in [0.15, 0.2) is 60.7 Å². The molecule has 4 rings (SSSR count). The number of rotatable bonds is 5. The zero-order chi connectivity index (χ0) is 18.6. The van der Waals surface area contributed by atoms with E-state index < -0.39 is 6.10 Å². The van der Waals surface area contributed by atoms with Crippen molar-refractivity contribution < 1.29 is 14.3 Å². The van der Waals surface area contributed by atoms with Crippen LogP contribution in [0.1, 0.15) is 18.4 Å². The van der Waals surface area contributed by atoms with E-state index in [1.54, 1.807) is 6.07 Å². The molecule has 0 aliphatic carbocycles. The Morgan fingerprint density at radius 3 is 2.59 bits per heavy atom.